The second-order valence-electron chi connectivity index (χ2n) is 6.05. The zero-order valence-corrected chi connectivity index (χ0v) is 13.8. The molecule has 2 heterocycles. The van der Waals surface area contributed by atoms with Crippen LogP contribution in [0.5, 0.6) is 0 Å². The molecule has 1 aliphatic heterocycles. The summed E-state index contributed by atoms with van der Waals surface area (Å²) in [5.41, 5.74) is 4.02. The summed E-state index contributed by atoms with van der Waals surface area (Å²) in [4.78, 5) is 19.6. The molecule has 4 heteroatoms. The second kappa shape index (κ2) is 7.05. The van der Waals surface area contributed by atoms with Gasteiger partial charge in [-0.05, 0) is 44.1 Å². The highest BCUT2D eigenvalue weighted by Gasteiger charge is 2.26. The number of carbonyl (C=O) groups excluding carboxylic acids is 1. The van der Waals surface area contributed by atoms with Gasteiger partial charge in [0.2, 0.25) is 0 Å². The van der Waals surface area contributed by atoms with Crippen molar-refractivity contribution in [2.75, 3.05) is 13.1 Å². The maximum Gasteiger partial charge on any atom is 0.265 e. The molecule has 0 bridgehead atoms. The summed E-state index contributed by atoms with van der Waals surface area (Å²) < 4.78 is 0. The molecule has 0 aliphatic carbocycles. The molecule has 1 unspecified atom stereocenters. The largest absolute Gasteiger partial charge is 0.338 e. The van der Waals surface area contributed by atoms with Crippen molar-refractivity contribution in [2.45, 2.75) is 32.6 Å². The number of amides is 1. The minimum absolute atomic E-state index is 0.171. The zero-order chi connectivity index (χ0) is 15.4. The lowest BCUT2D eigenvalue weighted by atomic mass is 9.91. The summed E-state index contributed by atoms with van der Waals surface area (Å²) >= 11 is 1.46. The van der Waals surface area contributed by atoms with Gasteiger partial charge in [0.15, 0.2) is 0 Å². The van der Waals surface area contributed by atoms with Crippen LogP contribution in [0.15, 0.2) is 35.8 Å². The zero-order valence-electron chi connectivity index (χ0n) is 13.0. The number of benzene rings is 1. The van der Waals surface area contributed by atoms with Crippen molar-refractivity contribution in [1.82, 2.24) is 9.88 Å². The van der Waals surface area contributed by atoms with Gasteiger partial charge < -0.3 is 4.90 Å². The van der Waals surface area contributed by atoms with E-state index in [4.69, 9.17) is 0 Å². The Labute approximate surface area is 136 Å². The van der Waals surface area contributed by atoms with Gasteiger partial charge in [-0.25, -0.2) is 4.98 Å². The molecule has 3 nitrogen and oxygen atoms in total. The predicted molar refractivity (Wildman–Crippen MR) is 90.2 cm³/mol. The molecule has 0 radical (unpaired) electrons. The number of likely N-dealkylation sites (tertiary alicyclic amines) is 1. The number of aryl methyl sites for hydroxylation is 2. The van der Waals surface area contributed by atoms with Gasteiger partial charge in [0, 0.05) is 13.1 Å². The molecule has 0 saturated carbocycles. The lowest BCUT2D eigenvalue weighted by Crippen LogP contribution is -2.40. The minimum atomic E-state index is 0.171. The van der Waals surface area contributed by atoms with Gasteiger partial charge >= 0.3 is 0 Å². The molecule has 22 heavy (non-hydrogen) atoms. The molecule has 1 atom stereocenters. The number of aromatic nitrogens is 1. The molecule has 1 fully saturated rings. The molecule has 1 saturated heterocycles. The molecule has 1 aliphatic rings. The Bertz CT molecular complexity index is 623. The van der Waals surface area contributed by atoms with Crippen molar-refractivity contribution in [3.63, 3.8) is 0 Å². The predicted octanol–water partition coefficient (Wildman–Crippen LogP) is 3.94. The van der Waals surface area contributed by atoms with E-state index in [1.54, 1.807) is 5.51 Å². The number of nitrogens with zero attached hydrogens (tertiary/aromatic N) is 2. The Kier molecular flexibility index (Phi) is 4.88. The van der Waals surface area contributed by atoms with Gasteiger partial charge in [-0.2, -0.15) is 0 Å². The van der Waals surface area contributed by atoms with E-state index in [0.717, 1.165) is 42.9 Å². The molecular weight excluding hydrogens is 292 g/mol. The van der Waals surface area contributed by atoms with E-state index in [9.17, 15) is 4.79 Å². The van der Waals surface area contributed by atoms with E-state index in [1.807, 2.05) is 11.8 Å². The lowest BCUT2D eigenvalue weighted by molar-refractivity contribution is 0.0672. The second-order valence-corrected chi connectivity index (χ2v) is 6.91. The standard InChI is InChI=1S/C18H22N2OS/c1-14-17(22-13-19-14)18(21)20-11-5-8-16(12-20)10-9-15-6-3-2-4-7-15/h2-4,6-7,13,16H,5,8-12H2,1H3. The van der Waals surface area contributed by atoms with Crippen molar-refractivity contribution in [1.29, 1.82) is 0 Å². The highest BCUT2D eigenvalue weighted by Crippen LogP contribution is 2.24. The lowest BCUT2D eigenvalue weighted by Gasteiger charge is -2.32. The first kappa shape index (κ1) is 15.2. The highest BCUT2D eigenvalue weighted by molar-refractivity contribution is 7.11. The SMILES string of the molecule is Cc1ncsc1C(=O)N1CCCC(CCc2ccccc2)C1. The van der Waals surface area contributed by atoms with Crippen molar-refractivity contribution in [3.8, 4) is 0 Å². The van der Waals surface area contributed by atoms with Crippen molar-refractivity contribution in [2.24, 2.45) is 5.92 Å². The first-order valence-corrected chi connectivity index (χ1v) is 8.85. The van der Waals surface area contributed by atoms with Crippen molar-refractivity contribution >= 4 is 17.2 Å². The van der Waals surface area contributed by atoms with Gasteiger partial charge in [0.25, 0.3) is 5.91 Å². The minimum Gasteiger partial charge on any atom is -0.338 e. The van der Waals surface area contributed by atoms with Gasteiger partial charge in [-0.3, -0.25) is 4.79 Å². The molecule has 2 aromatic rings. The van der Waals surface area contributed by atoms with Gasteiger partial charge in [0.1, 0.15) is 4.88 Å². The summed E-state index contributed by atoms with van der Waals surface area (Å²) in [6.07, 6.45) is 4.62. The molecule has 0 spiro atoms. The highest BCUT2D eigenvalue weighted by atomic mass is 32.1. The van der Waals surface area contributed by atoms with E-state index >= 15 is 0 Å². The fourth-order valence-corrected chi connectivity index (χ4v) is 3.92. The maximum atomic E-state index is 12.6. The Morgan fingerprint density at radius 1 is 1.36 bits per heavy atom. The van der Waals surface area contributed by atoms with E-state index in [2.05, 4.69) is 35.3 Å². The van der Waals surface area contributed by atoms with E-state index in [-0.39, 0.29) is 5.91 Å². The molecular formula is C18H22N2OS. The van der Waals surface area contributed by atoms with E-state index in [0.29, 0.717) is 5.92 Å². The molecule has 1 aromatic carbocycles. The third-order valence-corrected chi connectivity index (χ3v) is 5.35. The van der Waals surface area contributed by atoms with Crippen molar-refractivity contribution in [3.05, 3.63) is 52.0 Å². The number of rotatable bonds is 4. The van der Waals surface area contributed by atoms with Crippen LogP contribution in [-0.4, -0.2) is 28.9 Å². The Balaban J connectivity index is 1.57. The first-order chi connectivity index (χ1) is 10.7. The number of hydrogen-bond donors (Lipinski definition) is 0. The van der Waals surface area contributed by atoms with E-state index in [1.165, 1.54) is 23.3 Å². The summed E-state index contributed by atoms with van der Waals surface area (Å²) in [7, 11) is 0. The van der Waals surface area contributed by atoms with Gasteiger partial charge in [-0.1, -0.05) is 30.3 Å². The Morgan fingerprint density at radius 3 is 2.91 bits per heavy atom. The fraction of sp³-hybridized carbons (Fsp3) is 0.444. The summed E-state index contributed by atoms with van der Waals surface area (Å²) in [5.74, 6) is 0.788. The number of thiazole rings is 1. The fourth-order valence-electron chi connectivity index (χ4n) is 3.15. The average molecular weight is 314 g/mol. The van der Waals surface area contributed by atoms with Crippen LogP contribution in [0.4, 0.5) is 0 Å². The van der Waals surface area contributed by atoms with Gasteiger partial charge in [0.05, 0.1) is 11.2 Å². The molecule has 116 valence electrons. The molecule has 1 amide bonds. The van der Waals surface area contributed by atoms with Crippen molar-refractivity contribution < 1.29 is 4.79 Å². The van der Waals surface area contributed by atoms with Crippen LogP contribution in [0, 0.1) is 12.8 Å². The quantitative estimate of drug-likeness (QED) is 0.856. The smallest absolute Gasteiger partial charge is 0.265 e. The monoisotopic (exact) mass is 314 g/mol. The number of hydrogen-bond acceptors (Lipinski definition) is 3. The van der Waals surface area contributed by atoms with Crippen LogP contribution in [0.1, 0.15) is 40.2 Å². The third-order valence-electron chi connectivity index (χ3n) is 4.43. The van der Waals surface area contributed by atoms with Crippen LogP contribution in [0.3, 0.4) is 0 Å². The molecule has 1 aromatic heterocycles. The normalized spacial score (nSPS) is 18.4. The maximum absolute atomic E-state index is 12.6. The summed E-state index contributed by atoms with van der Waals surface area (Å²) in [6, 6.07) is 10.6. The molecule has 3 rings (SSSR count). The third kappa shape index (κ3) is 3.55. The van der Waals surface area contributed by atoms with Crippen LogP contribution < -0.4 is 0 Å². The Morgan fingerprint density at radius 2 is 2.18 bits per heavy atom. The number of carbonyl (C=O) groups is 1. The summed E-state index contributed by atoms with van der Waals surface area (Å²) in [5, 5.41) is 0. The van der Waals surface area contributed by atoms with Crippen LogP contribution in [0.2, 0.25) is 0 Å². The van der Waals surface area contributed by atoms with E-state index < -0.39 is 0 Å². The first-order valence-electron chi connectivity index (χ1n) is 7.97. The summed E-state index contributed by atoms with van der Waals surface area (Å²) in [6.45, 7) is 3.70. The van der Waals surface area contributed by atoms with Crippen LogP contribution >= 0.6 is 11.3 Å². The average Bonchev–Trinajstić information content (AvgIpc) is 2.99. The number of piperidine rings is 1. The Hall–Kier alpha value is -1.68. The molecule has 0 N–H and O–H groups in total. The van der Waals surface area contributed by atoms with Crippen LogP contribution in [-0.2, 0) is 6.42 Å². The van der Waals surface area contributed by atoms with Gasteiger partial charge in [-0.15, -0.1) is 11.3 Å². The topological polar surface area (TPSA) is 33.2 Å². The van der Waals surface area contributed by atoms with Crippen LogP contribution in [0.25, 0.3) is 0 Å².